The second kappa shape index (κ2) is 14.6. The number of nitrogens with zero attached hydrogens (tertiary/aromatic N) is 1. The summed E-state index contributed by atoms with van der Waals surface area (Å²) < 4.78 is 0. The molecular formula is C32H40N4O6. The minimum absolute atomic E-state index is 0.0623. The van der Waals surface area contributed by atoms with Crippen molar-refractivity contribution in [3.05, 3.63) is 83.9 Å². The van der Waals surface area contributed by atoms with Gasteiger partial charge in [-0.05, 0) is 54.7 Å². The zero-order valence-corrected chi connectivity index (χ0v) is 23.7. The van der Waals surface area contributed by atoms with Crippen LogP contribution < -0.4 is 16.0 Å². The summed E-state index contributed by atoms with van der Waals surface area (Å²) >= 11 is 0. The summed E-state index contributed by atoms with van der Waals surface area (Å²) in [4.78, 5) is 52.5. The first-order valence-corrected chi connectivity index (χ1v) is 14.6. The van der Waals surface area contributed by atoms with Crippen molar-refractivity contribution in [2.45, 2.75) is 69.2 Å². The van der Waals surface area contributed by atoms with Crippen LogP contribution in [0.25, 0.3) is 0 Å². The molecular weight excluding hydrogens is 536 g/mol. The lowest BCUT2D eigenvalue weighted by Gasteiger charge is -2.28. The molecule has 4 rings (SSSR count). The largest absolute Gasteiger partial charge is 0.481 e. The van der Waals surface area contributed by atoms with Gasteiger partial charge in [-0.2, -0.15) is 0 Å². The number of hydrogen-bond donors (Lipinski definition) is 5. The zero-order chi connectivity index (χ0) is 30.1. The number of nitrogens with one attached hydrogen (secondary N) is 3. The quantitative estimate of drug-likeness (QED) is 0.232. The number of aliphatic carboxylic acids is 1. The number of urea groups is 1. The van der Waals surface area contributed by atoms with E-state index in [0.717, 1.165) is 16.7 Å². The number of benzene rings is 2. The fourth-order valence-electron chi connectivity index (χ4n) is 5.77. The van der Waals surface area contributed by atoms with Gasteiger partial charge < -0.3 is 31.1 Å². The number of aliphatic hydroxyl groups excluding tert-OH is 1. The van der Waals surface area contributed by atoms with Crippen molar-refractivity contribution in [2.24, 2.45) is 5.92 Å². The van der Waals surface area contributed by atoms with Gasteiger partial charge in [-0.1, -0.05) is 60.7 Å². The first kappa shape index (κ1) is 30.8. The lowest BCUT2D eigenvalue weighted by atomic mass is 10.0. The van der Waals surface area contributed by atoms with E-state index in [0.29, 0.717) is 45.1 Å². The number of carboxylic acid groups (broad SMARTS) is 1. The summed E-state index contributed by atoms with van der Waals surface area (Å²) in [7, 11) is 0. The molecule has 0 aromatic heterocycles. The van der Waals surface area contributed by atoms with E-state index in [9.17, 15) is 24.3 Å². The number of carboxylic acids is 1. The van der Waals surface area contributed by atoms with Crippen LogP contribution in [0.3, 0.4) is 0 Å². The standard InChI is InChI=1S/C32H40N4O6/c1-2-21(19-28(38)39)16-17-33-31(41)26-13-8-18-36(26)32(42)34-25(15-14-22-9-4-3-5-10-22)30(40)35-29-24-12-7-6-11-23(24)20-27(29)37/h2-7,9-12,21,25-27,29,37H,1,8,13-20H2,(H,33,41)(H,34,42)(H,35,40)(H,38,39)/t21?,25-,26-,27?,29-/m0/s1. The monoisotopic (exact) mass is 576 g/mol. The molecule has 0 bridgehead atoms. The Morgan fingerprint density at radius 1 is 1.05 bits per heavy atom. The number of carbonyl (C=O) groups excluding carboxylic acids is 3. The van der Waals surface area contributed by atoms with Gasteiger partial charge >= 0.3 is 12.0 Å². The third kappa shape index (κ3) is 7.97. The molecule has 2 aliphatic rings. The Morgan fingerprint density at radius 2 is 1.79 bits per heavy atom. The van der Waals surface area contributed by atoms with E-state index in [-0.39, 0.29) is 24.8 Å². The van der Waals surface area contributed by atoms with Crippen LogP contribution in [0.4, 0.5) is 4.79 Å². The van der Waals surface area contributed by atoms with E-state index >= 15 is 0 Å². The van der Waals surface area contributed by atoms with E-state index in [1.54, 1.807) is 6.08 Å². The summed E-state index contributed by atoms with van der Waals surface area (Å²) in [6, 6.07) is 14.6. The highest BCUT2D eigenvalue weighted by atomic mass is 16.4. The van der Waals surface area contributed by atoms with Crippen molar-refractivity contribution in [1.82, 2.24) is 20.9 Å². The molecule has 1 heterocycles. The summed E-state index contributed by atoms with van der Waals surface area (Å²) in [6.07, 6.45) is 3.63. The van der Waals surface area contributed by atoms with Crippen molar-refractivity contribution >= 4 is 23.8 Å². The van der Waals surface area contributed by atoms with Crippen molar-refractivity contribution in [2.75, 3.05) is 13.1 Å². The van der Waals surface area contributed by atoms with Crippen LogP contribution in [0.1, 0.15) is 54.8 Å². The number of allylic oxidation sites excluding steroid dienone is 1. The average molecular weight is 577 g/mol. The second-order valence-corrected chi connectivity index (χ2v) is 11.0. The lowest BCUT2D eigenvalue weighted by molar-refractivity contribution is -0.137. The number of aliphatic hydroxyl groups is 1. The maximum absolute atomic E-state index is 13.6. The van der Waals surface area contributed by atoms with Gasteiger partial charge in [0.25, 0.3) is 0 Å². The number of carbonyl (C=O) groups is 4. The van der Waals surface area contributed by atoms with Gasteiger partial charge in [0.1, 0.15) is 12.1 Å². The van der Waals surface area contributed by atoms with E-state index in [1.165, 1.54) is 4.90 Å². The Bertz CT molecular complexity index is 1270. The number of fused-ring (bicyclic) bond motifs is 1. The first-order valence-electron chi connectivity index (χ1n) is 14.6. The first-order chi connectivity index (χ1) is 20.3. The average Bonchev–Trinajstić information content (AvgIpc) is 3.60. The van der Waals surface area contributed by atoms with Gasteiger partial charge in [0.15, 0.2) is 0 Å². The van der Waals surface area contributed by atoms with Crippen LogP contribution in [-0.2, 0) is 27.2 Å². The fraction of sp³-hybridized carbons (Fsp3) is 0.438. The van der Waals surface area contributed by atoms with Crippen molar-refractivity contribution in [1.29, 1.82) is 0 Å². The Morgan fingerprint density at radius 3 is 2.52 bits per heavy atom. The molecule has 0 spiro atoms. The fourth-order valence-corrected chi connectivity index (χ4v) is 5.77. The van der Waals surface area contributed by atoms with Crippen molar-refractivity contribution in [3.8, 4) is 0 Å². The van der Waals surface area contributed by atoms with E-state index in [1.807, 2.05) is 54.6 Å². The van der Waals surface area contributed by atoms with Gasteiger partial charge in [0.2, 0.25) is 11.8 Å². The third-order valence-electron chi connectivity index (χ3n) is 8.08. The summed E-state index contributed by atoms with van der Waals surface area (Å²) in [5.41, 5.74) is 2.87. The molecule has 2 aromatic carbocycles. The second-order valence-electron chi connectivity index (χ2n) is 11.0. The highest BCUT2D eigenvalue weighted by molar-refractivity contribution is 5.91. The predicted molar refractivity (Wildman–Crippen MR) is 157 cm³/mol. The van der Waals surface area contributed by atoms with Gasteiger partial charge in [-0.15, -0.1) is 6.58 Å². The maximum Gasteiger partial charge on any atom is 0.318 e. The number of aryl methyl sites for hydroxylation is 1. The van der Waals surface area contributed by atoms with Gasteiger partial charge in [0.05, 0.1) is 18.6 Å². The molecule has 4 amide bonds. The van der Waals surface area contributed by atoms with Crippen LogP contribution in [0.15, 0.2) is 67.3 Å². The summed E-state index contributed by atoms with van der Waals surface area (Å²) in [6.45, 7) is 4.31. The Hall–Kier alpha value is -4.18. The number of likely N-dealkylation sites (tertiary alicyclic amines) is 1. The highest BCUT2D eigenvalue weighted by Crippen LogP contribution is 2.31. The normalized spacial score (nSPS) is 20.7. The van der Waals surface area contributed by atoms with Gasteiger partial charge in [-0.3, -0.25) is 14.4 Å². The minimum Gasteiger partial charge on any atom is -0.481 e. The van der Waals surface area contributed by atoms with Gasteiger partial charge in [-0.25, -0.2) is 4.79 Å². The minimum atomic E-state index is -0.928. The molecule has 10 nitrogen and oxygen atoms in total. The molecule has 5 N–H and O–H groups in total. The summed E-state index contributed by atoms with van der Waals surface area (Å²) in [5.74, 6) is -1.90. The van der Waals surface area contributed by atoms with Crippen molar-refractivity contribution < 1.29 is 29.4 Å². The van der Waals surface area contributed by atoms with E-state index < -0.39 is 42.1 Å². The van der Waals surface area contributed by atoms with Crippen molar-refractivity contribution in [3.63, 3.8) is 0 Å². The maximum atomic E-state index is 13.6. The smallest absolute Gasteiger partial charge is 0.318 e. The molecule has 0 radical (unpaired) electrons. The number of hydrogen-bond acceptors (Lipinski definition) is 5. The van der Waals surface area contributed by atoms with Gasteiger partial charge in [0, 0.05) is 19.5 Å². The molecule has 42 heavy (non-hydrogen) atoms. The van der Waals surface area contributed by atoms with Crippen LogP contribution >= 0.6 is 0 Å². The summed E-state index contributed by atoms with van der Waals surface area (Å²) in [5, 5.41) is 28.3. The van der Waals surface area contributed by atoms with E-state index in [2.05, 4.69) is 22.5 Å². The SMILES string of the molecule is C=CC(CCNC(=O)[C@@H]1CCCN1C(=O)N[C@@H](CCc1ccccc1)C(=O)N[C@H]1c2ccccc2CC1O)CC(=O)O. The topological polar surface area (TPSA) is 148 Å². The zero-order valence-electron chi connectivity index (χ0n) is 23.7. The number of rotatable bonds is 13. The highest BCUT2D eigenvalue weighted by Gasteiger charge is 2.37. The molecule has 5 atom stereocenters. The van der Waals surface area contributed by atoms with E-state index in [4.69, 9.17) is 5.11 Å². The molecule has 224 valence electrons. The Labute approximate surface area is 246 Å². The molecule has 0 saturated carbocycles. The molecule has 1 fully saturated rings. The predicted octanol–water partition coefficient (Wildman–Crippen LogP) is 2.72. The lowest BCUT2D eigenvalue weighted by Crippen LogP contribution is -2.55. The Kier molecular flexibility index (Phi) is 10.7. The molecule has 10 heteroatoms. The third-order valence-corrected chi connectivity index (χ3v) is 8.08. The molecule has 1 aliphatic carbocycles. The molecule has 2 aromatic rings. The Balaban J connectivity index is 1.40. The molecule has 1 aliphatic heterocycles. The van der Waals surface area contributed by atoms with Crippen LogP contribution in [-0.4, -0.2) is 70.2 Å². The molecule has 2 unspecified atom stereocenters. The molecule has 1 saturated heterocycles. The van der Waals surface area contributed by atoms with Crippen LogP contribution in [0, 0.1) is 5.92 Å². The number of amides is 4. The van der Waals surface area contributed by atoms with Crippen LogP contribution in [0.5, 0.6) is 0 Å². The van der Waals surface area contributed by atoms with Crippen LogP contribution in [0.2, 0.25) is 0 Å².